The number of carboxylic acids is 1. The summed E-state index contributed by atoms with van der Waals surface area (Å²) in [5.74, 6) is 17.0. The molecule has 2 rings (SSSR count). The second-order valence-corrected chi connectivity index (χ2v) is 17.0. The molecule has 0 aliphatic rings. The van der Waals surface area contributed by atoms with Crippen molar-refractivity contribution in [2.45, 2.75) is 116 Å². The first-order valence-corrected chi connectivity index (χ1v) is 20.2. The number of benzene rings is 2. The minimum atomic E-state index is -1.23. The Bertz CT molecular complexity index is 2260. The zero-order valence-corrected chi connectivity index (χ0v) is 42.7. The summed E-state index contributed by atoms with van der Waals surface area (Å²) in [6.45, 7) is 15.8. The van der Waals surface area contributed by atoms with Gasteiger partial charge in [0.1, 0.15) is 35.5 Å². The van der Waals surface area contributed by atoms with Gasteiger partial charge in [0.15, 0.2) is 0 Å². The molecule has 0 aromatic heterocycles. The van der Waals surface area contributed by atoms with Crippen molar-refractivity contribution in [2.24, 2.45) is 5.73 Å². The first-order chi connectivity index (χ1) is 30.9. The Labute approximate surface area is 417 Å². The summed E-state index contributed by atoms with van der Waals surface area (Å²) in [7, 11) is 2.42. The Kier molecular flexibility index (Phi) is 30.6. The second kappa shape index (κ2) is 31.6. The number of ether oxygens (including phenoxy) is 4. The van der Waals surface area contributed by atoms with E-state index >= 15 is 0 Å². The van der Waals surface area contributed by atoms with Gasteiger partial charge in [0, 0.05) is 16.7 Å². The number of nitrogens with one attached hydrogen (secondary N) is 3. The molecule has 3 amide bonds. The molecule has 2 aromatic rings. The number of nitrogens with two attached hydrogens (primary N) is 1. The largest absolute Gasteiger partial charge is 0.478 e. The van der Waals surface area contributed by atoms with E-state index in [1.807, 2.05) is 0 Å². The molecular formula is C48H66N4O15S2. The minimum Gasteiger partial charge on any atom is -0.478 e. The van der Waals surface area contributed by atoms with Gasteiger partial charge in [0.2, 0.25) is 0 Å². The van der Waals surface area contributed by atoms with E-state index in [0.29, 0.717) is 11.1 Å². The summed E-state index contributed by atoms with van der Waals surface area (Å²) >= 11 is 0. The summed E-state index contributed by atoms with van der Waals surface area (Å²) < 4.78 is 19.6. The van der Waals surface area contributed by atoms with Crippen LogP contribution in [0, 0.1) is 47.4 Å². The Balaban J connectivity index is -0.00000102. The quantitative estimate of drug-likeness (QED) is 0.0885. The average molecular weight is 1000 g/mol. The van der Waals surface area contributed by atoms with Crippen LogP contribution in [0.1, 0.15) is 101 Å². The number of carbonyl (C=O) groups excluding carboxylic acids is 5. The normalized spacial score (nSPS) is 12.0. The standard InChI is InChI=1S/C24H30N2O7.C13H10O4.C11H22N2O4.2H2S/c1-23(2,3)33-22(31)26-24(4,5)19(21(30)32-6)25-20(29)17-13-11-16(12-14-17)9-7-8-10-18(28)15-27;14-9-12(15)4-2-1-3-10-5-7-11(8-6-10)13(16)17;1-10(2,3)17-9(15)13-11(4,5)7(12)8(14)16-6;;/h11-14,18-19,27-28H,15H2,1-6H3,(H,25,29)(H,26,31);5-8,12,14-15H,9H2,(H,16,17);7H,12H2,1-6H3,(H,13,15);2*1H2/t18-,19+;12-;7-;;/m001../s1. The van der Waals surface area contributed by atoms with E-state index in [2.05, 4.69) is 68.1 Å². The van der Waals surface area contributed by atoms with Crippen molar-refractivity contribution in [1.29, 1.82) is 0 Å². The lowest BCUT2D eigenvalue weighted by atomic mass is 9.94. The number of alkyl carbamates (subject to hydrolysis) is 2. The Morgan fingerprint density at radius 1 is 0.594 bits per heavy atom. The number of aliphatic hydroxyl groups excluding tert-OH is 4. The van der Waals surface area contributed by atoms with Crippen LogP contribution in [0.4, 0.5) is 9.59 Å². The third kappa shape index (κ3) is 28.5. The predicted molar refractivity (Wildman–Crippen MR) is 266 cm³/mol. The van der Waals surface area contributed by atoms with Gasteiger partial charge in [0.05, 0.1) is 44.1 Å². The molecule has 380 valence electrons. The maximum absolute atomic E-state index is 12.7. The fourth-order valence-electron chi connectivity index (χ4n) is 4.51. The Morgan fingerprint density at radius 2 is 0.957 bits per heavy atom. The van der Waals surface area contributed by atoms with E-state index in [-0.39, 0.29) is 38.1 Å². The summed E-state index contributed by atoms with van der Waals surface area (Å²) in [6.07, 6.45) is -3.60. The molecule has 0 spiro atoms. The van der Waals surface area contributed by atoms with Gasteiger partial charge in [-0.2, -0.15) is 27.0 Å². The maximum Gasteiger partial charge on any atom is 0.408 e. The number of carbonyl (C=O) groups is 6. The van der Waals surface area contributed by atoms with Crippen LogP contribution in [0.2, 0.25) is 0 Å². The molecular weight excluding hydrogens is 937 g/mol. The van der Waals surface area contributed by atoms with Gasteiger partial charge in [-0.05, 0) is 141 Å². The van der Waals surface area contributed by atoms with Gasteiger partial charge in [-0.3, -0.25) is 9.59 Å². The van der Waals surface area contributed by atoms with Crippen molar-refractivity contribution >= 4 is 63.0 Å². The molecule has 10 N–H and O–H groups in total. The molecule has 0 bridgehead atoms. The highest BCUT2D eigenvalue weighted by Crippen LogP contribution is 2.16. The molecule has 0 aliphatic carbocycles. The number of carboxylic acid groups (broad SMARTS) is 1. The average Bonchev–Trinajstić information content (AvgIpc) is 3.23. The molecule has 2 aromatic carbocycles. The summed E-state index contributed by atoms with van der Waals surface area (Å²) in [6, 6.07) is 10.1. The van der Waals surface area contributed by atoms with Crippen molar-refractivity contribution in [2.75, 3.05) is 27.4 Å². The SMILES string of the molecule is COC(=O)[C@@H](N)C(C)(C)NC(=O)OC(C)(C)C.COC(=O)[C@@H](NC(=O)c1ccc(C#CC#C[C@H](O)CO)cc1)C(C)(C)NC(=O)OC(C)(C)C.O=C(O)c1ccc(C#CC#C[C@H](O)CO)cc1.S.S. The highest BCUT2D eigenvalue weighted by atomic mass is 32.1. The molecule has 0 saturated carbocycles. The lowest BCUT2D eigenvalue weighted by Crippen LogP contribution is -2.62. The fourth-order valence-corrected chi connectivity index (χ4v) is 4.51. The monoisotopic (exact) mass is 1000 g/mol. The summed E-state index contributed by atoms with van der Waals surface area (Å²) in [4.78, 5) is 70.7. The molecule has 4 atom stereocenters. The first-order valence-electron chi connectivity index (χ1n) is 20.2. The smallest absolute Gasteiger partial charge is 0.408 e. The fraction of sp³-hybridized carbons (Fsp3) is 0.458. The lowest BCUT2D eigenvalue weighted by Gasteiger charge is -2.34. The number of esters is 2. The number of aromatic carboxylic acids is 1. The van der Waals surface area contributed by atoms with Crippen molar-refractivity contribution in [3.63, 3.8) is 0 Å². The number of hydrogen-bond donors (Lipinski definition) is 9. The van der Waals surface area contributed by atoms with E-state index in [0.717, 1.165) is 0 Å². The third-order valence-corrected chi connectivity index (χ3v) is 7.95. The van der Waals surface area contributed by atoms with E-state index in [9.17, 15) is 28.8 Å². The lowest BCUT2D eigenvalue weighted by molar-refractivity contribution is -0.145. The number of hydrogen-bond acceptors (Lipinski definition) is 15. The molecule has 0 radical (unpaired) electrons. The van der Waals surface area contributed by atoms with Crippen LogP contribution >= 0.6 is 27.0 Å². The number of aliphatic hydroxyl groups is 4. The number of amides is 3. The van der Waals surface area contributed by atoms with Crippen LogP contribution in [0.5, 0.6) is 0 Å². The Morgan fingerprint density at radius 3 is 1.29 bits per heavy atom. The van der Waals surface area contributed by atoms with Crippen LogP contribution in [0.25, 0.3) is 0 Å². The van der Waals surface area contributed by atoms with E-state index in [1.54, 1.807) is 93.5 Å². The summed E-state index contributed by atoms with van der Waals surface area (Å²) in [5.41, 5.74) is 3.80. The summed E-state index contributed by atoms with van der Waals surface area (Å²) in [5, 5.41) is 51.6. The number of rotatable bonds is 11. The highest BCUT2D eigenvalue weighted by Gasteiger charge is 2.40. The van der Waals surface area contributed by atoms with Crippen LogP contribution in [-0.2, 0) is 28.5 Å². The van der Waals surface area contributed by atoms with Gasteiger partial charge >= 0.3 is 30.1 Å². The molecule has 0 aliphatic heterocycles. The predicted octanol–water partition coefficient (Wildman–Crippen LogP) is 2.08. The topological polar surface area (TPSA) is 303 Å². The number of methoxy groups -OCH3 is 2. The molecule has 19 nitrogen and oxygen atoms in total. The van der Waals surface area contributed by atoms with Crippen LogP contribution in [0.3, 0.4) is 0 Å². The minimum absolute atomic E-state index is 0. The molecule has 69 heavy (non-hydrogen) atoms. The highest BCUT2D eigenvalue weighted by molar-refractivity contribution is 7.59. The van der Waals surface area contributed by atoms with Crippen molar-refractivity contribution in [1.82, 2.24) is 16.0 Å². The van der Waals surface area contributed by atoms with Gasteiger partial charge in [-0.25, -0.2) is 19.2 Å². The van der Waals surface area contributed by atoms with E-state index in [1.165, 1.54) is 38.5 Å². The molecule has 0 heterocycles. The first kappa shape index (κ1) is 66.9. The molecule has 0 fully saturated rings. The van der Waals surface area contributed by atoms with Gasteiger partial charge in [0.25, 0.3) is 5.91 Å². The van der Waals surface area contributed by atoms with Crippen LogP contribution in [-0.4, -0.2) is 136 Å². The van der Waals surface area contributed by atoms with E-state index < -0.39 is 95.8 Å². The zero-order valence-electron chi connectivity index (χ0n) is 40.7. The van der Waals surface area contributed by atoms with Gasteiger partial charge in [-0.15, -0.1) is 0 Å². The molecule has 0 unspecified atom stereocenters. The van der Waals surface area contributed by atoms with Crippen molar-refractivity contribution in [3.05, 3.63) is 70.8 Å². The second-order valence-electron chi connectivity index (χ2n) is 17.0. The molecule has 0 saturated heterocycles. The molecule has 21 heteroatoms. The van der Waals surface area contributed by atoms with Gasteiger partial charge in [-0.1, -0.05) is 23.7 Å². The zero-order chi connectivity index (χ0) is 51.8. The third-order valence-electron chi connectivity index (χ3n) is 7.95. The van der Waals surface area contributed by atoms with Gasteiger partial charge < -0.3 is 66.2 Å². The van der Waals surface area contributed by atoms with Crippen LogP contribution in [0.15, 0.2) is 48.5 Å². The van der Waals surface area contributed by atoms with Crippen molar-refractivity contribution < 1.29 is 73.2 Å². The van der Waals surface area contributed by atoms with E-state index in [4.69, 9.17) is 45.5 Å². The maximum atomic E-state index is 12.7. The van der Waals surface area contributed by atoms with Crippen LogP contribution < -0.4 is 21.7 Å². The Hall–Kier alpha value is -6.40. The van der Waals surface area contributed by atoms with Crippen molar-refractivity contribution in [3.8, 4) is 47.4 Å².